The number of thiocarbonyl (C=S) groups is 1. The first-order valence-corrected chi connectivity index (χ1v) is 10.3. The van der Waals surface area contributed by atoms with Gasteiger partial charge in [-0.15, -0.1) is 0 Å². The first-order chi connectivity index (χ1) is 15.1. The maximum Gasteiger partial charge on any atom is 0.354 e. The summed E-state index contributed by atoms with van der Waals surface area (Å²) < 4.78 is 4.75. The Bertz CT molecular complexity index is 1220. The van der Waals surface area contributed by atoms with Crippen molar-refractivity contribution in [2.75, 3.05) is 12.4 Å². The van der Waals surface area contributed by atoms with Crippen molar-refractivity contribution >= 4 is 39.9 Å². The lowest BCUT2D eigenvalue weighted by molar-refractivity contribution is 0.0595. The SMILES string of the molecule is COC(=O)c1cc2cc(NCc3cccc(CNC(=S)c4ccccc4)c3)cnc2[nH]1. The van der Waals surface area contributed by atoms with E-state index in [-0.39, 0.29) is 0 Å². The average molecular weight is 431 g/mol. The number of anilines is 1. The van der Waals surface area contributed by atoms with Crippen LogP contribution in [0.4, 0.5) is 5.69 Å². The smallest absolute Gasteiger partial charge is 0.354 e. The summed E-state index contributed by atoms with van der Waals surface area (Å²) in [5.74, 6) is -0.412. The highest BCUT2D eigenvalue weighted by Crippen LogP contribution is 2.19. The predicted molar refractivity (Wildman–Crippen MR) is 126 cm³/mol. The lowest BCUT2D eigenvalue weighted by atomic mass is 10.1. The number of rotatable bonds is 7. The van der Waals surface area contributed by atoms with Crippen LogP contribution in [0.25, 0.3) is 11.0 Å². The highest BCUT2D eigenvalue weighted by molar-refractivity contribution is 7.80. The van der Waals surface area contributed by atoms with Crippen LogP contribution < -0.4 is 10.6 Å². The summed E-state index contributed by atoms with van der Waals surface area (Å²) in [6, 6.07) is 22.0. The molecular weight excluding hydrogens is 408 g/mol. The molecule has 0 aliphatic rings. The Morgan fingerprint density at radius 1 is 1.03 bits per heavy atom. The number of benzene rings is 2. The third kappa shape index (κ3) is 5.07. The number of hydrogen-bond acceptors (Lipinski definition) is 5. The van der Waals surface area contributed by atoms with Crippen LogP contribution in [0.1, 0.15) is 27.2 Å². The van der Waals surface area contributed by atoms with E-state index in [1.807, 2.05) is 42.5 Å². The summed E-state index contributed by atoms with van der Waals surface area (Å²) in [7, 11) is 1.35. The number of fused-ring (bicyclic) bond motifs is 1. The topological polar surface area (TPSA) is 79.0 Å². The zero-order valence-electron chi connectivity index (χ0n) is 17.0. The van der Waals surface area contributed by atoms with Crippen LogP contribution >= 0.6 is 12.2 Å². The molecule has 156 valence electrons. The monoisotopic (exact) mass is 430 g/mol. The fourth-order valence-electron chi connectivity index (χ4n) is 3.26. The molecule has 2 aromatic heterocycles. The van der Waals surface area contributed by atoms with Gasteiger partial charge in [-0.1, -0.05) is 66.8 Å². The number of aromatic nitrogens is 2. The minimum absolute atomic E-state index is 0.385. The number of nitrogens with zero attached hydrogens (tertiary/aromatic N) is 1. The van der Waals surface area contributed by atoms with Gasteiger partial charge in [0.2, 0.25) is 0 Å². The molecule has 0 fully saturated rings. The van der Waals surface area contributed by atoms with Gasteiger partial charge in [0.25, 0.3) is 0 Å². The minimum Gasteiger partial charge on any atom is -0.464 e. The van der Waals surface area contributed by atoms with Crippen molar-refractivity contribution in [2.24, 2.45) is 0 Å². The van der Waals surface area contributed by atoms with Crippen LogP contribution in [0.15, 0.2) is 72.9 Å². The maximum atomic E-state index is 11.7. The molecule has 0 atom stereocenters. The lowest BCUT2D eigenvalue weighted by Gasteiger charge is -2.10. The van der Waals surface area contributed by atoms with Crippen molar-refractivity contribution in [3.8, 4) is 0 Å². The van der Waals surface area contributed by atoms with E-state index >= 15 is 0 Å². The standard InChI is InChI=1S/C24H22N4O2S/c1-30-24(29)21-12-19-11-20(15-26-22(19)28-21)25-13-16-6-5-7-17(10-16)14-27-23(31)18-8-3-2-4-9-18/h2-12,15,25H,13-14H2,1H3,(H,26,28)(H,27,31). The molecule has 31 heavy (non-hydrogen) atoms. The van der Waals surface area contributed by atoms with E-state index in [1.54, 1.807) is 12.3 Å². The zero-order chi connectivity index (χ0) is 21.6. The van der Waals surface area contributed by atoms with Crippen LogP contribution in [0.2, 0.25) is 0 Å². The fraction of sp³-hybridized carbons (Fsp3) is 0.125. The van der Waals surface area contributed by atoms with Crippen molar-refractivity contribution in [3.63, 3.8) is 0 Å². The molecule has 0 spiro atoms. The number of carbonyl (C=O) groups excluding carboxylic acids is 1. The molecule has 0 saturated carbocycles. The van der Waals surface area contributed by atoms with E-state index < -0.39 is 5.97 Å². The average Bonchev–Trinajstić information content (AvgIpc) is 3.25. The van der Waals surface area contributed by atoms with E-state index in [4.69, 9.17) is 17.0 Å². The van der Waals surface area contributed by atoms with Gasteiger partial charge in [0.15, 0.2) is 0 Å². The largest absolute Gasteiger partial charge is 0.464 e. The van der Waals surface area contributed by atoms with Gasteiger partial charge in [-0.2, -0.15) is 0 Å². The first-order valence-electron chi connectivity index (χ1n) is 9.84. The van der Waals surface area contributed by atoms with Gasteiger partial charge in [0, 0.05) is 24.0 Å². The molecule has 3 N–H and O–H groups in total. The van der Waals surface area contributed by atoms with Gasteiger partial charge in [-0.05, 0) is 23.3 Å². The van der Waals surface area contributed by atoms with Gasteiger partial charge < -0.3 is 20.4 Å². The fourth-order valence-corrected chi connectivity index (χ4v) is 3.47. The predicted octanol–water partition coefficient (Wildman–Crippen LogP) is 4.43. The van der Waals surface area contributed by atoms with Gasteiger partial charge in [-0.25, -0.2) is 9.78 Å². The van der Waals surface area contributed by atoms with E-state index in [0.717, 1.165) is 32.8 Å². The second-order valence-corrected chi connectivity index (χ2v) is 7.47. The number of aromatic amines is 1. The highest BCUT2D eigenvalue weighted by atomic mass is 32.1. The third-order valence-electron chi connectivity index (χ3n) is 4.85. The summed E-state index contributed by atoms with van der Waals surface area (Å²) in [6.07, 6.45) is 1.74. The second-order valence-electron chi connectivity index (χ2n) is 7.06. The van der Waals surface area contributed by atoms with Gasteiger partial charge in [0.05, 0.1) is 19.0 Å². The van der Waals surface area contributed by atoms with Crippen molar-refractivity contribution in [3.05, 3.63) is 95.3 Å². The van der Waals surface area contributed by atoms with Crippen LogP contribution in [0, 0.1) is 0 Å². The van der Waals surface area contributed by atoms with Crippen LogP contribution in [-0.4, -0.2) is 28.0 Å². The second kappa shape index (κ2) is 9.40. The van der Waals surface area contributed by atoms with Crippen LogP contribution in [-0.2, 0) is 17.8 Å². The number of ether oxygens (including phenoxy) is 1. The van der Waals surface area contributed by atoms with E-state index in [0.29, 0.717) is 24.4 Å². The summed E-state index contributed by atoms with van der Waals surface area (Å²) in [6.45, 7) is 1.31. The lowest BCUT2D eigenvalue weighted by Crippen LogP contribution is -2.21. The molecule has 0 amide bonds. The normalized spacial score (nSPS) is 10.6. The van der Waals surface area contributed by atoms with Crippen molar-refractivity contribution in [1.82, 2.24) is 15.3 Å². The molecule has 0 bridgehead atoms. The van der Waals surface area contributed by atoms with Crippen LogP contribution in [0.5, 0.6) is 0 Å². The summed E-state index contributed by atoms with van der Waals surface area (Å²) >= 11 is 5.47. The first kappa shape index (κ1) is 20.6. The molecule has 0 aliphatic carbocycles. The Balaban J connectivity index is 1.37. The number of methoxy groups -OCH3 is 1. The molecular formula is C24H22N4O2S. The molecule has 4 aromatic rings. The number of carbonyl (C=O) groups is 1. The number of nitrogens with one attached hydrogen (secondary N) is 3. The molecule has 7 heteroatoms. The van der Waals surface area contributed by atoms with Gasteiger partial charge >= 0.3 is 5.97 Å². The third-order valence-corrected chi connectivity index (χ3v) is 5.23. The molecule has 0 radical (unpaired) electrons. The Morgan fingerprint density at radius 2 is 1.81 bits per heavy atom. The molecule has 0 unspecified atom stereocenters. The van der Waals surface area contributed by atoms with E-state index in [9.17, 15) is 4.79 Å². The van der Waals surface area contributed by atoms with Gasteiger partial charge in [-0.3, -0.25) is 0 Å². The van der Waals surface area contributed by atoms with Gasteiger partial charge in [0.1, 0.15) is 16.3 Å². The Kier molecular flexibility index (Phi) is 6.24. The number of pyridine rings is 1. The maximum absolute atomic E-state index is 11.7. The zero-order valence-corrected chi connectivity index (χ0v) is 17.8. The van der Waals surface area contributed by atoms with E-state index in [1.165, 1.54) is 7.11 Å². The number of H-pyrrole nitrogens is 1. The van der Waals surface area contributed by atoms with Crippen molar-refractivity contribution in [1.29, 1.82) is 0 Å². The van der Waals surface area contributed by atoms with E-state index in [2.05, 4.69) is 38.8 Å². The molecule has 4 rings (SSSR count). The Morgan fingerprint density at radius 3 is 2.58 bits per heavy atom. The summed E-state index contributed by atoms with van der Waals surface area (Å²) in [5.41, 5.74) is 5.22. The molecule has 2 heterocycles. The number of hydrogen-bond donors (Lipinski definition) is 3. The van der Waals surface area contributed by atoms with Crippen molar-refractivity contribution < 1.29 is 9.53 Å². The Labute approximate surface area is 185 Å². The number of esters is 1. The molecule has 0 saturated heterocycles. The minimum atomic E-state index is -0.412. The quantitative estimate of drug-likeness (QED) is 0.297. The molecule has 0 aliphatic heterocycles. The summed E-state index contributed by atoms with van der Waals surface area (Å²) in [5, 5.41) is 7.54. The molecule has 2 aromatic carbocycles. The molecule has 6 nitrogen and oxygen atoms in total. The van der Waals surface area contributed by atoms with Crippen molar-refractivity contribution in [2.45, 2.75) is 13.1 Å². The Hall–Kier alpha value is -3.71. The van der Waals surface area contributed by atoms with Crippen LogP contribution in [0.3, 0.4) is 0 Å². The summed E-state index contributed by atoms with van der Waals surface area (Å²) in [4.78, 5) is 19.7. The highest BCUT2D eigenvalue weighted by Gasteiger charge is 2.10.